The highest BCUT2D eigenvalue weighted by Crippen LogP contribution is 2.30. The van der Waals surface area contributed by atoms with Gasteiger partial charge in [0.05, 0.1) is 13.2 Å². The third kappa shape index (κ3) is 4.18. The predicted octanol–water partition coefficient (Wildman–Crippen LogP) is 1.21. The zero-order chi connectivity index (χ0) is 11.3. The Kier molecular flexibility index (Phi) is 4.54. The van der Waals surface area contributed by atoms with Gasteiger partial charge in [-0.05, 0) is 38.3 Å². The predicted molar refractivity (Wildman–Crippen MR) is 57.9 cm³/mol. The summed E-state index contributed by atoms with van der Waals surface area (Å²) in [6.45, 7) is 7.69. The van der Waals surface area contributed by atoms with E-state index in [2.05, 4.69) is 6.92 Å². The van der Waals surface area contributed by atoms with Crippen molar-refractivity contribution in [3.05, 3.63) is 0 Å². The van der Waals surface area contributed by atoms with Crippen LogP contribution in [0.2, 0.25) is 0 Å². The summed E-state index contributed by atoms with van der Waals surface area (Å²) in [5, 5.41) is 8.67. The van der Waals surface area contributed by atoms with Crippen LogP contribution in [0.4, 0.5) is 0 Å². The number of piperidine rings is 1. The molecule has 1 aliphatic rings. The lowest BCUT2D eigenvalue weighted by atomic mass is 9.81. The highest BCUT2D eigenvalue weighted by Gasteiger charge is 2.30. The Balaban J connectivity index is 2.30. The summed E-state index contributed by atoms with van der Waals surface area (Å²) < 4.78 is 5.46. The second-order valence-electron chi connectivity index (χ2n) is 4.62. The van der Waals surface area contributed by atoms with E-state index in [9.17, 15) is 4.79 Å². The number of likely N-dealkylation sites (tertiary alicyclic amines) is 1. The highest BCUT2D eigenvalue weighted by atomic mass is 16.5. The number of nitrogens with zero attached hydrogens (tertiary/aromatic N) is 1. The monoisotopic (exact) mass is 215 g/mol. The fourth-order valence-electron chi connectivity index (χ4n) is 1.94. The number of ether oxygens (including phenoxy) is 1. The summed E-state index contributed by atoms with van der Waals surface area (Å²) in [6, 6.07) is 0. The van der Waals surface area contributed by atoms with E-state index in [0.717, 1.165) is 39.1 Å². The minimum atomic E-state index is -0.733. The molecule has 0 amide bonds. The van der Waals surface area contributed by atoms with Crippen molar-refractivity contribution in [1.82, 2.24) is 4.90 Å². The van der Waals surface area contributed by atoms with Gasteiger partial charge in [-0.15, -0.1) is 0 Å². The zero-order valence-electron chi connectivity index (χ0n) is 9.66. The van der Waals surface area contributed by atoms with Crippen LogP contribution >= 0.6 is 0 Å². The van der Waals surface area contributed by atoms with E-state index in [4.69, 9.17) is 9.84 Å². The molecular weight excluding hydrogens is 194 g/mol. The van der Waals surface area contributed by atoms with Crippen LogP contribution in [0, 0.1) is 5.41 Å². The van der Waals surface area contributed by atoms with Gasteiger partial charge < -0.3 is 9.84 Å². The number of carboxylic acids is 1. The maximum absolute atomic E-state index is 10.5. The largest absolute Gasteiger partial charge is 0.480 e. The van der Waals surface area contributed by atoms with E-state index in [0.29, 0.717) is 0 Å². The molecule has 0 radical (unpaired) electrons. The van der Waals surface area contributed by atoms with Crippen molar-refractivity contribution in [2.45, 2.75) is 26.7 Å². The molecule has 1 saturated heterocycles. The van der Waals surface area contributed by atoms with Gasteiger partial charge in [0.2, 0.25) is 0 Å². The minimum absolute atomic E-state index is 0.171. The minimum Gasteiger partial charge on any atom is -0.480 e. The van der Waals surface area contributed by atoms with Crippen molar-refractivity contribution < 1.29 is 14.6 Å². The summed E-state index contributed by atoms with van der Waals surface area (Å²) in [6.07, 6.45) is 2.06. The molecular formula is C11H21NO3. The molecule has 15 heavy (non-hydrogen) atoms. The van der Waals surface area contributed by atoms with Crippen LogP contribution < -0.4 is 0 Å². The van der Waals surface area contributed by atoms with Crippen LogP contribution in [0.15, 0.2) is 0 Å². The first-order valence-electron chi connectivity index (χ1n) is 5.58. The van der Waals surface area contributed by atoms with E-state index in [-0.39, 0.29) is 12.0 Å². The normalized spacial score (nSPS) is 21.5. The van der Waals surface area contributed by atoms with Crippen LogP contribution in [0.3, 0.4) is 0 Å². The molecule has 0 saturated carbocycles. The molecule has 0 aromatic rings. The van der Waals surface area contributed by atoms with E-state index in [1.807, 2.05) is 11.8 Å². The first-order chi connectivity index (χ1) is 7.06. The van der Waals surface area contributed by atoms with Crippen LogP contribution in [0.25, 0.3) is 0 Å². The fourth-order valence-corrected chi connectivity index (χ4v) is 1.94. The Morgan fingerprint density at radius 3 is 2.53 bits per heavy atom. The van der Waals surface area contributed by atoms with Crippen LogP contribution in [-0.4, -0.2) is 48.8 Å². The summed E-state index contributed by atoms with van der Waals surface area (Å²) in [5.74, 6) is -0.733. The molecule has 88 valence electrons. The molecule has 1 aliphatic heterocycles. The Labute approximate surface area is 91.2 Å². The first-order valence-corrected chi connectivity index (χ1v) is 5.58. The Bertz CT molecular complexity index is 210. The van der Waals surface area contributed by atoms with Gasteiger partial charge in [0.15, 0.2) is 0 Å². The van der Waals surface area contributed by atoms with Crippen molar-refractivity contribution in [2.75, 3.05) is 32.8 Å². The van der Waals surface area contributed by atoms with Gasteiger partial charge in [0, 0.05) is 6.61 Å². The molecule has 0 spiro atoms. The van der Waals surface area contributed by atoms with Crippen LogP contribution in [0.5, 0.6) is 0 Å². The lowest BCUT2D eigenvalue weighted by Gasteiger charge is -2.38. The number of aliphatic carboxylic acids is 1. The van der Waals surface area contributed by atoms with Gasteiger partial charge in [-0.25, -0.2) is 0 Å². The first kappa shape index (κ1) is 12.5. The lowest BCUT2D eigenvalue weighted by molar-refractivity contribution is -0.139. The van der Waals surface area contributed by atoms with Gasteiger partial charge in [0.25, 0.3) is 0 Å². The number of carbonyl (C=O) groups is 1. The molecule has 0 aromatic carbocycles. The summed E-state index contributed by atoms with van der Waals surface area (Å²) in [7, 11) is 0. The van der Waals surface area contributed by atoms with Crippen LogP contribution in [0.1, 0.15) is 26.7 Å². The standard InChI is InChI=1S/C11H21NO3/c1-3-15-9-11(2)4-6-12(7-5-11)8-10(13)14/h3-9H2,1-2H3,(H,13,14). The maximum Gasteiger partial charge on any atom is 0.317 e. The smallest absolute Gasteiger partial charge is 0.317 e. The third-order valence-electron chi connectivity index (χ3n) is 3.08. The molecule has 4 heteroatoms. The molecule has 1 heterocycles. The summed E-state index contributed by atoms with van der Waals surface area (Å²) in [4.78, 5) is 12.5. The van der Waals surface area contributed by atoms with Crippen molar-refractivity contribution in [3.8, 4) is 0 Å². The molecule has 0 aromatic heterocycles. The van der Waals surface area contributed by atoms with Crippen molar-refractivity contribution in [1.29, 1.82) is 0 Å². The molecule has 0 atom stereocenters. The van der Waals surface area contributed by atoms with Gasteiger partial charge in [0.1, 0.15) is 0 Å². The van der Waals surface area contributed by atoms with Crippen molar-refractivity contribution in [3.63, 3.8) is 0 Å². The second-order valence-corrected chi connectivity index (χ2v) is 4.62. The number of hydrogen-bond acceptors (Lipinski definition) is 3. The molecule has 4 nitrogen and oxygen atoms in total. The van der Waals surface area contributed by atoms with E-state index in [1.165, 1.54) is 0 Å². The quantitative estimate of drug-likeness (QED) is 0.749. The van der Waals surface area contributed by atoms with Gasteiger partial charge >= 0.3 is 5.97 Å². The third-order valence-corrected chi connectivity index (χ3v) is 3.08. The average molecular weight is 215 g/mol. The van der Waals surface area contributed by atoms with Crippen LogP contribution in [-0.2, 0) is 9.53 Å². The second kappa shape index (κ2) is 5.47. The van der Waals surface area contributed by atoms with Gasteiger partial charge in [-0.1, -0.05) is 6.92 Å². The Hall–Kier alpha value is -0.610. The zero-order valence-corrected chi connectivity index (χ0v) is 9.66. The lowest BCUT2D eigenvalue weighted by Crippen LogP contribution is -2.42. The number of rotatable bonds is 5. The summed E-state index contributed by atoms with van der Waals surface area (Å²) >= 11 is 0. The van der Waals surface area contributed by atoms with E-state index >= 15 is 0 Å². The topological polar surface area (TPSA) is 49.8 Å². The van der Waals surface area contributed by atoms with E-state index < -0.39 is 5.97 Å². The number of hydrogen-bond donors (Lipinski definition) is 1. The van der Waals surface area contributed by atoms with Crippen molar-refractivity contribution >= 4 is 5.97 Å². The van der Waals surface area contributed by atoms with E-state index in [1.54, 1.807) is 0 Å². The molecule has 1 fully saturated rings. The maximum atomic E-state index is 10.5. The SMILES string of the molecule is CCOCC1(C)CCN(CC(=O)O)CC1. The molecule has 1 rings (SSSR count). The molecule has 0 bridgehead atoms. The van der Waals surface area contributed by atoms with Gasteiger partial charge in [-0.2, -0.15) is 0 Å². The molecule has 1 N–H and O–H groups in total. The van der Waals surface area contributed by atoms with Crippen molar-refractivity contribution in [2.24, 2.45) is 5.41 Å². The fraction of sp³-hybridized carbons (Fsp3) is 0.909. The van der Waals surface area contributed by atoms with Gasteiger partial charge in [-0.3, -0.25) is 9.69 Å². The highest BCUT2D eigenvalue weighted by molar-refractivity contribution is 5.69. The molecule has 0 unspecified atom stereocenters. The summed E-state index contributed by atoms with van der Waals surface area (Å²) in [5.41, 5.74) is 0.241. The average Bonchev–Trinajstić information content (AvgIpc) is 2.19. The Morgan fingerprint density at radius 2 is 2.07 bits per heavy atom. The molecule has 0 aliphatic carbocycles. The number of carboxylic acid groups (broad SMARTS) is 1. The Morgan fingerprint density at radius 1 is 1.47 bits per heavy atom.